The van der Waals surface area contributed by atoms with Gasteiger partial charge >= 0.3 is 0 Å². The first-order valence-corrected chi connectivity index (χ1v) is 9.85. The molecule has 2 heterocycles. The zero-order valence-corrected chi connectivity index (χ0v) is 16.6. The number of aromatic amines is 1. The molecular formula is C21H20N4O2S. The Bertz CT molecular complexity index is 1150. The number of benzene rings is 2. The normalized spacial score (nSPS) is 11.1. The van der Waals surface area contributed by atoms with Crippen molar-refractivity contribution in [1.29, 1.82) is 0 Å². The second-order valence-corrected chi connectivity index (χ2v) is 7.82. The number of ether oxygens (including phenoxy) is 1. The van der Waals surface area contributed by atoms with E-state index in [1.807, 2.05) is 57.2 Å². The highest BCUT2D eigenvalue weighted by Gasteiger charge is 2.14. The molecule has 7 heteroatoms. The van der Waals surface area contributed by atoms with Crippen LogP contribution in [0, 0.1) is 6.92 Å². The van der Waals surface area contributed by atoms with Crippen LogP contribution in [-0.4, -0.2) is 27.2 Å². The number of amides is 1. The highest BCUT2D eigenvalue weighted by molar-refractivity contribution is 7.09. The van der Waals surface area contributed by atoms with Crippen LogP contribution in [0.3, 0.4) is 0 Å². The maximum Gasteiger partial charge on any atom is 0.275 e. The predicted octanol–water partition coefficient (Wildman–Crippen LogP) is 5.03. The number of nitrogens with one attached hydrogen (secondary N) is 2. The summed E-state index contributed by atoms with van der Waals surface area (Å²) < 4.78 is 5.81. The number of carbonyl (C=O) groups excluding carboxylic acids is 1. The maximum absolute atomic E-state index is 12.6. The quantitative estimate of drug-likeness (QED) is 0.499. The number of aryl methyl sites for hydroxylation is 1. The number of rotatable bonds is 5. The number of thiazole rings is 1. The number of carbonyl (C=O) groups is 1. The Labute approximate surface area is 166 Å². The van der Waals surface area contributed by atoms with Gasteiger partial charge in [-0.25, -0.2) is 4.98 Å². The molecule has 2 aromatic carbocycles. The predicted molar refractivity (Wildman–Crippen MR) is 112 cm³/mol. The van der Waals surface area contributed by atoms with Crippen LogP contribution < -0.4 is 10.1 Å². The second kappa shape index (κ2) is 7.44. The minimum Gasteiger partial charge on any atom is -0.491 e. The fourth-order valence-electron chi connectivity index (χ4n) is 3.00. The second-order valence-electron chi connectivity index (χ2n) is 6.76. The molecule has 0 fully saturated rings. The smallest absolute Gasteiger partial charge is 0.275 e. The van der Waals surface area contributed by atoms with Gasteiger partial charge in [0.25, 0.3) is 5.91 Å². The van der Waals surface area contributed by atoms with E-state index in [0.29, 0.717) is 11.4 Å². The van der Waals surface area contributed by atoms with Crippen LogP contribution in [0.1, 0.15) is 29.3 Å². The molecule has 0 atom stereocenters. The third kappa shape index (κ3) is 3.75. The Morgan fingerprint density at radius 1 is 1.21 bits per heavy atom. The van der Waals surface area contributed by atoms with Crippen molar-refractivity contribution in [3.05, 3.63) is 58.7 Å². The Balaban J connectivity index is 1.72. The number of fused-ring (bicyclic) bond motifs is 1. The minimum atomic E-state index is -0.235. The molecule has 0 aliphatic carbocycles. The molecule has 0 saturated carbocycles. The number of hydrogen-bond donors (Lipinski definition) is 2. The van der Waals surface area contributed by atoms with Gasteiger partial charge in [-0.2, -0.15) is 5.10 Å². The molecule has 6 nitrogen and oxygen atoms in total. The SMILES string of the molecule is Cc1nc(C(=O)Nc2cc(-c3cccc(OC(C)C)c3)cc3[nH]ncc23)cs1. The van der Waals surface area contributed by atoms with E-state index in [0.717, 1.165) is 32.8 Å². The van der Waals surface area contributed by atoms with E-state index < -0.39 is 0 Å². The highest BCUT2D eigenvalue weighted by atomic mass is 32.1. The summed E-state index contributed by atoms with van der Waals surface area (Å²) in [6.07, 6.45) is 1.81. The summed E-state index contributed by atoms with van der Waals surface area (Å²) in [5.74, 6) is 0.571. The van der Waals surface area contributed by atoms with Gasteiger partial charge in [-0.15, -0.1) is 11.3 Å². The Hall–Kier alpha value is -3.19. The third-order valence-electron chi connectivity index (χ3n) is 4.20. The van der Waals surface area contributed by atoms with E-state index in [9.17, 15) is 4.79 Å². The average Bonchev–Trinajstić information content (AvgIpc) is 3.30. The fraction of sp³-hybridized carbons (Fsp3) is 0.190. The molecule has 4 rings (SSSR count). The van der Waals surface area contributed by atoms with Crippen molar-refractivity contribution in [3.63, 3.8) is 0 Å². The lowest BCUT2D eigenvalue weighted by atomic mass is 10.0. The fourth-order valence-corrected chi connectivity index (χ4v) is 3.59. The largest absolute Gasteiger partial charge is 0.491 e. The van der Waals surface area contributed by atoms with Gasteiger partial charge in [0.1, 0.15) is 11.4 Å². The number of nitrogens with zero attached hydrogens (tertiary/aromatic N) is 2. The monoisotopic (exact) mass is 392 g/mol. The molecule has 2 aromatic heterocycles. The van der Waals surface area contributed by atoms with Gasteiger partial charge in [0.2, 0.25) is 0 Å². The Morgan fingerprint density at radius 3 is 2.82 bits per heavy atom. The van der Waals surface area contributed by atoms with Crippen molar-refractivity contribution in [2.45, 2.75) is 26.9 Å². The maximum atomic E-state index is 12.6. The van der Waals surface area contributed by atoms with E-state index in [-0.39, 0.29) is 12.0 Å². The van der Waals surface area contributed by atoms with Crippen LogP contribution in [-0.2, 0) is 0 Å². The van der Waals surface area contributed by atoms with Gasteiger partial charge in [0, 0.05) is 10.8 Å². The summed E-state index contributed by atoms with van der Waals surface area (Å²) in [5.41, 5.74) is 3.90. The molecule has 0 radical (unpaired) electrons. The number of aromatic nitrogens is 3. The zero-order valence-electron chi connectivity index (χ0n) is 15.8. The zero-order chi connectivity index (χ0) is 19.7. The molecule has 142 valence electrons. The molecule has 1 amide bonds. The van der Waals surface area contributed by atoms with Crippen molar-refractivity contribution in [2.24, 2.45) is 0 Å². The first-order valence-electron chi connectivity index (χ1n) is 8.97. The summed E-state index contributed by atoms with van der Waals surface area (Å²) >= 11 is 1.45. The summed E-state index contributed by atoms with van der Waals surface area (Å²) in [7, 11) is 0. The van der Waals surface area contributed by atoms with Gasteiger partial charge < -0.3 is 10.1 Å². The number of anilines is 1. The molecule has 4 aromatic rings. The van der Waals surface area contributed by atoms with Crippen LogP contribution in [0.2, 0.25) is 0 Å². The van der Waals surface area contributed by atoms with E-state index >= 15 is 0 Å². The molecular weight excluding hydrogens is 372 g/mol. The topological polar surface area (TPSA) is 79.9 Å². The number of H-pyrrole nitrogens is 1. The first-order chi connectivity index (χ1) is 13.5. The van der Waals surface area contributed by atoms with Gasteiger partial charge in [-0.05, 0) is 56.2 Å². The molecule has 0 aliphatic rings. The van der Waals surface area contributed by atoms with Gasteiger partial charge in [-0.3, -0.25) is 9.89 Å². The van der Waals surface area contributed by atoms with Crippen molar-refractivity contribution in [2.75, 3.05) is 5.32 Å². The van der Waals surface area contributed by atoms with E-state index in [1.54, 1.807) is 11.6 Å². The Morgan fingerprint density at radius 2 is 2.07 bits per heavy atom. The van der Waals surface area contributed by atoms with Crippen LogP contribution in [0.5, 0.6) is 5.75 Å². The van der Waals surface area contributed by atoms with E-state index in [1.165, 1.54) is 11.3 Å². The van der Waals surface area contributed by atoms with E-state index in [2.05, 4.69) is 20.5 Å². The molecule has 28 heavy (non-hydrogen) atoms. The number of hydrogen-bond acceptors (Lipinski definition) is 5. The van der Waals surface area contributed by atoms with Crippen molar-refractivity contribution in [1.82, 2.24) is 15.2 Å². The van der Waals surface area contributed by atoms with Crippen molar-refractivity contribution < 1.29 is 9.53 Å². The summed E-state index contributed by atoms with van der Waals surface area (Å²) in [6.45, 7) is 5.87. The average molecular weight is 392 g/mol. The summed E-state index contributed by atoms with van der Waals surface area (Å²) in [6, 6.07) is 11.9. The van der Waals surface area contributed by atoms with Crippen molar-refractivity contribution in [3.8, 4) is 16.9 Å². The molecule has 0 spiro atoms. The van der Waals surface area contributed by atoms with Crippen molar-refractivity contribution >= 4 is 33.8 Å². The molecule has 2 N–H and O–H groups in total. The van der Waals surface area contributed by atoms with Crippen LogP contribution >= 0.6 is 11.3 Å². The van der Waals surface area contributed by atoms with Gasteiger partial charge in [0.05, 0.1) is 28.5 Å². The lowest BCUT2D eigenvalue weighted by molar-refractivity contribution is 0.102. The van der Waals surface area contributed by atoms with E-state index in [4.69, 9.17) is 4.74 Å². The molecule has 0 saturated heterocycles. The van der Waals surface area contributed by atoms with Crippen LogP contribution in [0.25, 0.3) is 22.0 Å². The minimum absolute atomic E-state index is 0.0988. The van der Waals surface area contributed by atoms with Gasteiger partial charge in [0.15, 0.2) is 0 Å². The lowest BCUT2D eigenvalue weighted by Crippen LogP contribution is -2.12. The summed E-state index contributed by atoms with van der Waals surface area (Å²) in [4.78, 5) is 16.9. The molecule has 0 bridgehead atoms. The van der Waals surface area contributed by atoms with Crippen LogP contribution in [0.15, 0.2) is 48.0 Å². The molecule has 0 aliphatic heterocycles. The lowest BCUT2D eigenvalue weighted by Gasteiger charge is -2.12. The third-order valence-corrected chi connectivity index (χ3v) is 4.97. The Kier molecular flexibility index (Phi) is 4.83. The highest BCUT2D eigenvalue weighted by Crippen LogP contribution is 2.32. The standard InChI is InChI=1S/C21H20N4O2S/c1-12(2)27-16-6-4-5-14(7-16)15-8-18(17-10-22-25-19(17)9-15)24-21(26)20-11-28-13(3)23-20/h4-12H,1-3H3,(H,22,25)(H,24,26). The molecule has 0 unspecified atom stereocenters. The summed E-state index contributed by atoms with van der Waals surface area (Å²) in [5, 5.41) is 13.5. The van der Waals surface area contributed by atoms with Crippen LogP contribution in [0.4, 0.5) is 5.69 Å². The first kappa shape index (κ1) is 18.2. The van der Waals surface area contributed by atoms with Gasteiger partial charge in [-0.1, -0.05) is 12.1 Å².